The summed E-state index contributed by atoms with van der Waals surface area (Å²) in [6, 6.07) is 3.12. The van der Waals surface area contributed by atoms with Crippen LogP contribution < -0.4 is 5.32 Å². The van der Waals surface area contributed by atoms with Crippen molar-refractivity contribution in [2.24, 2.45) is 11.8 Å². The third-order valence-corrected chi connectivity index (χ3v) is 8.66. The zero-order chi connectivity index (χ0) is 31.3. The standard InChI is InChI=1S/C27H33N3O8.HNO3/c1-26(37)13-7-6-8-16(31)17(13)21(32)18-14(26)11-15-20(29(2)3)22(33)19(24(35)27(15,38)23(18)34)25(36)28-12-30-9-4-5-10-30;2-1(3)4/h6-8,14-15,20,31-32,35,37-38H,4-5,9-12H2,1-3H3,(H,28,36);(H,2,3,4)/t14-,15-,20-,26+,27-;/m0./s1. The number of nitrogens with zero attached hydrogens (tertiary/aromatic N) is 3. The number of aliphatic hydroxyl groups excluding tert-OH is 2. The van der Waals surface area contributed by atoms with Gasteiger partial charge in [-0.1, -0.05) is 12.1 Å². The number of fused-ring (bicyclic) bond motifs is 3. The largest absolute Gasteiger partial charge is 0.508 e. The lowest BCUT2D eigenvalue weighted by atomic mass is 9.54. The van der Waals surface area contributed by atoms with Gasteiger partial charge in [-0.15, -0.1) is 10.1 Å². The molecule has 1 saturated carbocycles. The molecule has 0 bridgehead atoms. The zero-order valence-electron chi connectivity index (χ0n) is 23.3. The zero-order valence-corrected chi connectivity index (χ0v) is 23.3. The second-order valence-corrected chi connectivity index (χ2v) is 11.3. The van der Waals surface area contributed by atoms with E-state index >= 15 is 0 Å². The van der Waals surface area contributed by atoms with E-state index in [0.29, 0.717) is 0 Å². The van der Waals surface area contributed by atoms with Crippen molar-refractivity contribution in [2.45, 2.75) is 43.4 Å². The molecule has 1 aromatic carbocycles. The minimum Gasteiger partial charge on any atom is -0.508 e. The van der Waals surface area contributed by atoms with Crippen LogP contribution in [0.25, 0.3) is 5.76 Å². The summed E-state index contributed by atoms with van der Waals surface area (Å²) in [4.78, 5) is 52.6. The van der Waals surface area contributed by atoms with Crippen molar-refractivity contribution in [2.75, 3.05) is 33.9 Å². The number of phenolic OH excluding ortho intramolecular Hbond substituents is 1. The number of phenols is 1. The SMILES string of the molecule is CN(C)[C@@H]1C(=O)C(C(=O)NCN2CCCC2)=C(O)[C@@]2(O)C(=O)C3=C(O)c4c(O)cccc4[C@@](C)(O)[C@H]3C[C@@H]12.O=[N+]([O-])O. The lowest BCUT2D eigenvalue weighted by molar-refractivity contribution is -0.742. The van der Waals surface area contributed by atoms with Gasteiger partial charge in [0, 0.05) is 17.4 Å². The second-order valence-electron chi connectivity index (χ2n) is 11.3. The lowest BCUT2D eigenvalue weighted by Gasteiger charge is -2.53. The molecule has 1 aliphatic heterocycles. The first-order valence-electron chi connectivity index (χ1n) is 13.3. The van der Waals surface area contributed by atoms with Gasteiger partial charge in [-0.25, -0.2) is 0 Å². The predicted octanol–water partition coefficient (Wildman–Crippen LogP) is -0.0345. The summed E-state index contributed by atoms with van der Waals surface area (Å²) < 4.78 is 0. The third-order valence-electron chi connectivity index (χ3n) is 8.66. The van der Waals surface area contributed by atoms with Gasteiger partial charge in [0.15, 0.2) is 11.4 Å². The molecule has 1 aromatic rings. The molecule has 0 spiro atoms. The van der Waals surface area contributed by atoms with E-state index in [2.05, 4.69) is 5.32 Å². The maximum absolute atomic E-state index is 14.0. The molecule has 1 saturated heterocycles. The van der Waals surface area contributed by atoms with Gasteiger partial charge in [0.05, 0.1) is 23.9 Å². The molecule has 4 aliphatic rings. The van der Waals surface area contributed by atoms with Gasteiger partial charge in [0.1, 0.15) is 22.8 Å². The Balaban J connectivity index is 0.000000952. The van der Waals surface area contributed by atoms with Crippen LogP contribution in [0.3, 0.4) is 0 Å². The number of ketones is 2. The molecule has 7 N–H and O–H groups in total. The van der Waals surface area contributed by atoms with Gasteiger partial charge in [-0.05, 0) is 65.0 Å². The maximum Gasteiger partial charge on any atom is 0.291 e. The minimum absolute atomic E-state index is 0.137. The van der Waals surface area contributed by atoms with Crippen LogP contribution in [0, 0.1) is 22.0 Å². The number of aliphatic hydroxyl groups is 4. The quantitative estimate of drug-likeness (QED) is 0.139. The fourth-order valence-electron chi connectivity index (χ4n) is 6.70. The molecule has 3 aliphatic carbocycles. The predicted molar refractivity (Wildman–Crippen MR) is 144 cm³/mol. The third kappa shape index (κ3) is 4.77. The second kappa shape index (κ2) is 11.0. The van der Waals surface area contributed by atoms with E-state index < -0.39 is 68.7 Å². The Kier molecular flexibility index (Phi) is 8.08. The highest BCUT2D eigenvalue weighted by atomic mass is 16.9. The van der Waals surface area contributed by atoms with Crippen LogP contribution in [0.1, 0.15) is 37.3 Å². The van der Waals surface area contributed by atoms with E-state index in [-0.39, 0.29) is 35.5 Å². The van der Waals surface area contributed by atoms with Gasteiger partial charge < -0.3 is 36.1 Å². The molecule has 42 heavy (non-hydrogen) atoms. The van der Waals surface area contributed by atoms with Gasteiger partial charge in [0.2, 0.25) is 5.78 Å². The Morgan fingerprint density at radius 3 is 2.33 bits per heavy atom. The molecule has 15 nitrogen and oxygen atoms in total. The van der Waals surface area contributed by atoms with Gasteiger partial charge in [0.25, 0.3) is 11.0 Å². The van der Waals surface area contributed by atoms with Crippen LogP contribution in [0.2, 0.25) is 0 Å². The summed E-state index contributed by atoms with van der Waals surface area (Å²) in [7, 11) is 3.12. The molecule has 1 heterocycles. The van der Waals surface area contributed by atoms with Gasteiger partial charge >= 0.3 is 0 Å². The highest BCUT2D eigenvalue weighted by Gasteiger charge is 2.66. The number of hydrogen-bond donors (Lipinski definition) is 7. The molecule has 15 heteroatoms. The Morgan fingerprint density at radius 1 is 1.17 bits per heavy atom. The first-order chi connectivity index (χ1) is 19.6. The lowest BCUT2D eigenvalue weighted by Crippen LogP contribution is -2.67. The van der Waals surface area contributed by atoms with Crippen LogP contribution >= 0.6 is 0 Å². The van der Waals surface area contributed by atoms with Crippen LogP contribution in [0.4, 0.5) is 0 Å². The molecule has 5 atom stereocenters. The number of benzene rings is 1. The number of hydrogen-bond acceptors (Lipinski definition) is 12. The van der Waals surface area contributed by atoms with E-state index in [4.69, 9.17) is 15.3 Å². The van der Waals surface area contributed by atoms with Crippen LogP contribution in [-0.4, -0.2) is 109 Å². The summed E-state index contributed by atoms with van der Waals surface area (Å²) >= 11 is 0. The van der Waals surface area contributed by atoms with E-state index in [1.54, 1.807) is 14.1 Å². The first kappa shape index (κ1) is 30.9. The van der Waals surface area contributed by atoms with Crippen molar-refractivity contribution in [3.63, 3.8) is 0 Å². The first-order valence-corrected chi connectivity index (χ1v) is 13.3. The maximum atomic E-state index is 14.0. The molecular formula is C27H34N4O11. The van der Waals surface area contributed by atoms with Crippen molar-refractivity contribution in [3.05, 3.63) is 56.3 Å². The summed E-state index contributed by atoms with van der Waals surface area (Å²) in [5.41, 5.74) is -5.54. The fourth-order valence-corrected chi connectivity index (χ4v) is 6.70. The number of carbonyl (C=O) groups is 3. The van der Waals surface area contributed by atoms with Crippen LogP contribution in [0.5, 0.6) is 5.75 Å². The molecule has 2 fully saturated rings. The Labute approximate surface area is 240 Å². The number of rotatable bonds is 4. The highest BCUT2D eigenvalue weighted by Crippen LogP contribution is 2.57. The number of amides is 1. The molecule has 0 radical (unpaired) electrons. The van der Waals surface area contributed by atoms with Crippen molar-refractivity contribution in [1.29, 1.82) is 0 Å². The molecular weight excluding hydrogens is 556 g/mol. The number of likely N-dealkylation sites (tertiary alicyclic amines) is 1. The summed E-state index contributed by atoms with van der Waals surface area (Å²) in [6.07, 6.45) is 1.78. The average molecular weight is 591 g/mol. The number of carbonyl (C=O) groups excluding carboxylic acids is 3. The Morgan fingerprint density at radius 2 is 1.76 bits per heavy atom. The number of likely N-dealkylation sites (N-methyl/N-ethyl adjacent to an activating group) is 1. The van der Waals surface area contributed by atoms with Gasteiger partial charge in [-0.3, -0.25) is 24.2 Å². The normalized spacial score (nSPS) is 30.8. The topological polar surface area (TPSA) is 234 Å². The Bertz CT molecular complexity index is 1390. The number of aromatic hydroxyl groups is 1. The Hall–Kier alpha value is -4.05. The molecule has 1 amide bonds. The highest BCUT2D eigenvalue weighted by molar-refractivity contribution is 6.25. The van der Waals surface area contributed by atoms with Crippen molar-refractivity contribution >= 4 is 23.2 Å². The molecule has 0 aromatic heterocycles. The fraction of sp³-hybridized carbons (Fsp3) is 0.519. The average Bonchev–Trinajstić information content (AvgIpc) is 3.41. The van der Waals surface area contributed by atoms with E-state index in [1.165, 1.54) is 30.0 Å². The molecule has 5 rings (SSSR count). The van der Waals surface area contributed by atoms with Crippen LogP contribution in [-0.2, 0) is 20.0 Å². The van der Waals surface area contributed by atoms with Gasteiger partial charge in [-0.2, -0.15) is 0 Å². The molecule has 228 valence electrons. The summed E-state index contributed by atoms with van der Waals surface area (Å²) in [6.45, 7) is 3.11. The number of nitrogens with one attached hydrogen (secondary N) is 1. The minimum atomic E-state index is -2.72. The monoisotopic (exact) mass is 590 g/mol. The van der Waals surface area contributed by atoms with E-state index in [9.17, 15) is 39.9 Å². The number of Topliss-reactive ketones (excluding diaryl/α,β-unsaturated/α-hetero) is 2. The van der Waals surface area contributed by atoms with Crippen molar-refractivity contribution in [3.8, 4) is 5.75 Å². The van der Waals surface area contributed by atoms with E-state index in [0.717, 1.165) is 25.9 Å². The van der Waals surface area contributed by atoms with Crippen molar-refractivity contribution < 1.29 is 50.2 Å². The van der Waals surface area contributed by atoms with Crippen molar-refractivity contribution in [1.82, 2.24) is 15.1 Å². The molecule has 0 unspecified atom stereocenters. The smallest absolute Gasteiger partial charge is 0.291 e. The van der Waals surface area contributed by atoms with E-state index in [1.807, 2.05) is 4.90 Å². The summed E-state index contributed by atoms with van der Waals surface area (Å²) in [5.74, 6) is -7.17. The summed E-state index contributed by atoms with van der Waals surface area (Å²) in [5, 5.41) is 72.6. The van der Waals surface area contributed by atoms with Crippen LogP contribution in [0.15, 0.2) is 35.1 Å².